The number of anilines is 1. The van der Waals surface area contributed by atoms with Gasteiger partial charge in [-0.1, -0.05) is 48.0 Å². The summed E-state index contributed by atoms with van der Waals surface area (Å²) in [6, 6.07) is 18.6. The summed E-state index contributed by atoms with van der Waals surface area (Å²) in [5, 5.41) is 11.4. The Morgan fingerprint density at radius 2 is 1.71 bits per heavy atom. The Labute approximate surface area is 167 Å². The summed E-state index contributed by atoms with van der Waals surface area (Å²) in [6.45, 7) is 7.70. The van der Waals surface area contributed by atoms with Crippen molar-refractivity contribution in [2.24, 2.45) is 12.0 Å². The lowest BCUT2D eigenvalue weighted by molar-refractivity contribution is 0.729. The van der Waals surface area contributed by atoms with Crippen LogP contribution in [0.15, 0.2) is 59.6 Å². The second kappa shape index (κ2) is 9.22. The quantitative estimate of drug-likeness (QED) is 0.503. The monoisotopic (exact) mass is 375 g/mol. The zero-order valence-electron chi connectivity index (χ0n) is 17.2. The molecule has 3 rings (SSSR count). The highest BCUT2D eigenvalue weighted by Gasteiger charge is 2.09. The van der Waals surface area contributed by atoms with Crippen molar-refractivity contribution in [3.05, 3.63) is 82.7 Å². The van der Waals surface area contributed by atoms with Crippen LogP contribution in [-0.2, 0) is 20.0 Å². The molecule has 0 radical (unpaired) electrons. The number of nitrogens with one attached hydrogen (secondary N) is 2. The van der Waals surface area contributed by atoms with E-state index in [0.29, 0.717) is 6.54 Å². The molecule has 0 aliphatic rings. The maximum atomic E-state index is 4.77. The normalized spacial score (nSPS) is 11.5. The Balaban J connectivity index is 1.68. The molecular formula is C23H29N5. The molecule has 1 aromatic heterocycles. The molecule has 0 fully saturated rings. The first-order chi connectivity index (χ1) is 13.5. The number of hydrogen-bond donors (Lipinski definition) is 2. The molecule has 28 heavy (non-hydrogen) atoms. The van der Waals surface area contributed by atoms with Crippen LogP contribution in [0.2, 0.25) is 0 Å². The Bertz CT molecular complexity index is 924. The number of aliphatic imine (C=N–C) groups is 1. The van der Waals surface area contributed by atoms with Crippen LogP contribution in [0.1, 0.15) is 28.1 Å². The number of aromatic nitrogens is 2. The highest BCUT2D eigenvalue weighted by atomic mass is 15.3. The maximum Gasteiger partial charge on any atom is 0.196 e. The van der Waals surface area contributed by atoms with Crippen molar-refractivity contribution < 1.29 is 0 Å². The van der Waals surface area contributed by atoms with E-state index in [2.05, 4.69) is 60.8 Å². The molecule has 0 aliphatic carbocycles. The second-order valence-electron chi connectivity index (χ2n) is 7.09. The van der Waals surface area contributed by atoms with E-state index in [4.69, 9.17) is 4.99 Å². The molecule has 0 bridgehead atoms. The summed E-state index contributed by atoms with van der Waals surface area (Å²) in [4.78, 5) is 4.77. The number of benzene rings is 2. The maximum absolute atomic E-state index is 4.77. The van der Waals surface area contributed by atoms with Gasteiger partial charge in [0.1, 0.15) is 0 Å². The lowest BCUT2D eigenvalue weighted by Crippen LogP contribution is -2.32. The van der Waals surface area contributed by atoms with Gasteiger partial charge in [-0.2, -0.15) is 5.10 Å². The Kier molecular flexibility index (Phi) is 6.48. The predicted molar refractivity (Wildman–Crippen MR) is 117 cm³/mol. The smallest absolute Gasteiger partial charge is 0.196 e. The third-order valence-corrected chi connectivity index (χ3v) is 4.90. The first-order valence-electron chi connectivity index (χ1n) is 9.68. The van der Waals surface area contributed by atoms with E-state index < -0.39 is 0 Å². The van der Waals surface area contributed by atoms with Crippen LogP contribution < -0.4 is 10.6 Å². The standard InChI is InChI=1S/C23H29N5/c1-17-10-12-20(13-11-17)16-25-23(26-21-8-6-5-7-9-21)24-15-14-22-18(2)27-28(4)19(22)3/h5-13H,14-16H2,1-4H3,(H2,24,25,26). The van der Waals surface area contributed by atoms with Crippen LogP contribution in [-0.4, -0.2) is 22.3 Å². The summed E-state index contributed by atoms with van der Waals surface area (Å²) in [5.41, 5.74) is 7.08. The molecule has 5 heteroatoms. The van der Waals surface area contributed by atoms with Crippen molar-refractivity contribution in [1.29, 1.82) is 0 Å². The van der Waals surface area contributed by atoms with Gasteiger partial charge in [0.2, 0.25) is 0 Å². The minimum Gasteiger partial charge on any atom is -0.356 e. The lowest BCUT2D eigenvalue weighted by Gasteiger charge is -2.13. The molecular weight excluding hydrogens is 346 g/mol. The molecule has 2 N–H and O–H groups in total. The number of nitrogens with zero attached hydrogens (tertiary/aromatic N) is 3. The average molecular weight is 376 g/mol. The molecule has 0 aliphatic heterocycles. The van der Waals surface area contributed by atoms with Gasteiger partial charge in [0, 0.05) is 25.0 Å². The first kappa shape index (κ1) is 19.7. The first-order valence-corrected chi connectivity index (χ1v) is 9.68. The molecule has 0 amide bonds. The van der Waals surface area contributed by atoms with Gasteiger partial charge in [-0.05, 0) is 50.5 Å². The SMILES string of the molecule is Cc1ccc(CN=C(NCCc2c(C)nn(C)c2C)Nc2ccccc2)cc1. The highest BCUT2D eigenvalue weighted by Crippen LogP contribution is 2.12. The van der Waals surface area contributed by atoms with E-state index in [1.165, 1.54) is 22.4 Å². The average Bonchev–Trinajstić information content (AvgIpc) is 2.94. The van der Waals surface area contributed by atoms with Gasteiger partial charge < -0.3 is 10.6 Å². The number of rotatable bonds is 6. The zero-order chi connectivity index (χ0) is 19.9. The van der Waals surface area contributed by atoms with Gasteiger partial charge in [-0.3, -0.25) is 4.68 Å². The molecule has 0 spiro atoms. The summed E-state index contributed by atoms with van der Waals surface area (Å²) in [5.74, 6) is 0.783. The molecule has 0 saturated heterocycles. The zero-order valence-corrected chi connectivity index (χ0v) is 17.2. The van der Waals surface area contributed by atoms with Gasteiger partial charge in [-0.15, -0.1) is 0 Å². The summed E-state index contributed by atoms with van der Waals surface area (Å²) in [6.07, 6.45) is 0.908. The van der Waals surface area contributed by atoms with E-state index in [1.807, 2.05) is 42.1 Å². The van der Waals surface area contributed by atoms with Gasteiger partial charge in [0.15, 0.2) is 5.96 Å². The largest absolute Gasteiger partial charge is 0.356 e. The van der Waals surface area contributed by atoms with Crippen LogP contribution in [0, 0.1) is 20.8 Å². The van der Waals surface area contributed by atoms with Crippen molar-refractivity contribution in [2.75, 3.05) is 11.9 Å². The fourth-order valence-electron chi connectivity index (χ4n) is 3.15. The summed E-state index contributed by atoms with van der Waals surface area (Å²) < 4.78 is 1.94. The topological polar surface area (TPSA) is 54.2 Å². The van der Waals surface area contributed by atoms with Crippen LogP contribution in [0.4, 0.5) is 5.69 Å². The molecule has 2 aromatic carbocycles. The third kappa shape index (κ3) is 5.22. The van der Waals surface area contributed by atoms with Gasteiger partial charge in [0.05, 0.1) is 12.2 Å². The minimum atomic E-state index is 0.632. The molecule has 146 valence electrons. The fourth-order valence-corrected chi connectivity index (χ4v) is 3.15. The molecule has 1 heterocycles. The molecule has 5 nitrogen and oxygen atoms in total. The van der Waals surface area contributed by atoms with Crippen molar-refractivity contribution in [3.63, 3.8) is 0 Å². The van der Waals surface area contributed by atoms with Crippen molar-refractivity contribution in [3.8, 4) is 0 Å². The van der Waals surface area contributed by atoms with Crippen LogP contribution in [0.5, 0.6) is 0 Å². The summed E-state index contributed by atoms with van der Waals surface area (Å²) in [7, 11) is 1.99. The highest BCUT2D eigenvalue weighted by molar-refractivity contribution is 5.93. The van der Waals surface area contributed by atoms with Gasteiger partial charge in [-0.25, -0.2) is 4.99 Å². The van der Waals surface area contributed by atoms with Crippen molar-refractivity contribution >= 4 is 11.6 Å². The Morgan fingerprint density at radius 3 is 2.36 bits per heavy atom. The van der Waals surface area contributed by atoms with Gasteiger partial charge in [0.25, 0.3) is 0 Å². The Hall–Kier alpha value is -3.08. The van der Waals surface area contributed by atoms with Gasteiger partial charge >= 0.3 is 0 Å². The fraction of sp³-hybridized carbons (Fsp3) is 0.304. The molecule has 0 unspecified atom stereocenters. The number of para-hydroxylation sites is 1. The minimum absolute atomic E-state index is 0.632. The van der Waals surface area contributed by atoms with E-state index in [9.17, 15) is 0 Å². The predicted octanol–water partition coefficient (Wildman–Crippen LogP) is 4.15. The van der Waals surface area contributed by atoms with E-state index >= 15 is 0 Å². The second-order valence-corrected chi connectivity index (χ2v) is 7.09. The lowest BCUT2D eigenvalue weighted by atomic mass is 10.1. The van der Waals surface area contributed by atoms with E-state index in [1.54, 1.807) is 0 Å². The third-order valence-electron chi connectivity index (χ3n) is 4.90. The van der Waals surface area contributed by atoms with Crippen molar-refractivity contribution in [2.45, 2.75) is 33.7 Å². The van der Waals surface area contributed by atoms with E-state index in [0.717, 1.165) is 30.3 Å². The van der Waals surface area contributed by atoms with E-state index in [-0.39, 0.29) is 0 Å². The van der Waals surface area contributed by atoms with Crippen LogP contribution in [0.25, 0.3) is 0 Å². The van der Waals surface area contributed by atoms with Crippen LogP contribution in [0.3, 0.4) is 0 Å². The number of guanidine groups is 1. The molecule has 3 aromatic rings. The van der Waals surface area contributed by atoms with Crippen molar-refractivity contribution in [1.82, 2.24) is 15.1 Å². The number of hydrogen-bond acceptors (Lipinski definition) is 2. The molecule has 0 saturated carbocycles. The number of aryl methyl sites for hydroxylation is 3. The van der Waals surface area contributed by atoms with Crippen LogP contribution >= 0.6 is 0 Å². The Morgan fingerprint density at radius 1 is 1.00 bits per heavy atom. The summed E-state index contributed by atoms with van der Waals surface area (Å²) >= 11 is 0. The molecule has 0 atom stereocenters.